The van der Waals surface area contributed by atoms with Gasteiger partial charge < -0.3 is 14.8 Å². The number of nitrogens with one attached hydrogen (secondary N) is 1. The number of morpholine rings is 1. The standard InChI is InChI=1S/C15H21NO3/c1-10-7-15(18-3)11(2)6-13(10)14(17)8-12-9-16-4-5-19-12/h6-7,12,16H,4-5,8-9H2,1-3H3. The number of Topliss-reactive ketones (excluding diaryl/α,β-unsaturated/α-hetero) is 1. The number of hydrogen-bond donors (Lipinski definition) is 1. The molecule has 1 unspecified atom stereocenters. The van der Waals surface area contributed by atoms with E-state index in [0.29, 0.717) is 13.0 Å². The highest BCUT2D eigenvalue weighted by molar-refractivity contribution is 5.98. The molecule has 1 aromatic rings. The Morgan fingerprint density at radius 3 is 2.84 bits per heavy atom. The molecule has 1 aromatic carbocycles. The van der Waals surface area contributed by atoms with Crippen LogP contribution in [-0.4, -0.2) is 38.7 Å². The van der Waals surface area contributed by atoms with Crippen LogP contribution in [0.5, 0.6) is 5.75 Å². The first-order valence-corrected chi connectivity index (χ1v) is 6.62. The van der Waals surface area contributed by atoms with Crippen LogP contribution in [-0.2, 0) is 4.74 Å². The van der Waals surface area contributed by atoms with Gasteiger partial charge in [0.2, 0.25) is 0 Å². The highest BCUT2D eigenvalue weighted by atomic mass is 16.5. The number of benzene rings is 1. The van der Waals surface area contributed by atoms with Gasteiger partial charge in [0.05, 0.1) is 19.8 Å². The fourth-order valence-electron chi connectivity index (χ4n) is 2.38. The fourth-order valence-corrected chi connectivity index (χ4v) is 2.38. The van der Waals surface area contributed by atoms with Crippen molar-refractivity contribution in [2.45, 2.75) is 26.4 Å². The average Bonchev–Trinajstić information content (AvgIpc) is 2.42. The van der Waals surface area contributed by atoms with E-state index in [1.807, 2.05) is 26.0 Å². The zero-order valence-electron chi connectivity index (χ0n) is 11.8. The Bertz CT molecular complexity index is 465. The van der Waals surface area contributed by atoms with Gasteiger partial charge in [-0.1, -0.05) is 0 Å². The Hall–Kier alpha value is -1.39. The lowest BCUT2D eigenvalue weighted by Gasteiger charge is -2.23. The normalized spacial score (nSPS) is 19.2. The van der Waals surface area contributed by atoms with Gasteiger partial charge in [-0.05, 0) is 37.1 Å². The minimum absolute atomic E-state index is 0.0111. The number of carbonyl (C=O) groups excluding carboxylic acids is 1. The second kappa shape index (κ2) is 6.17. The molecule has 1 heterocycles. The van der Waals surface area contributed by atoms with Crippen molar-refractivity contribution in [2.75, 3.05) is 26.8 Å². The van der Waals surface area contributed by atoms with E-state index in [9.17, 15) is 4.79 Å². The first kappa shape index (κ1) is 14.0. The SMILES string of the molecule is COc1cc(C)c(C(=O)CC2CNCCO2)cc1C. The number of hydrogen-bond acceptors (Lipinski definition) is 4. The predicted molar refractivity (Wildman–Crippen MR) is 74.0 cm³/mol. The van der Waals surface area contributed by atoms with Crippen molar-refractivity contribution in [3.8, 4) is 5.75 Å². The molecule has 1 N–H and O–H groups in total. The molecule has 0 spiro atoms. The molecule has 0 radical (unpaired) electrons. The van der Waals surface area contributed by atoms with Crippen molar-refractivity contribution >= 4 is 5.78 Å². The van der Waals surface area contributed by atoms with E-state index in [1.165, 1.54) is 0 Å². The second-order valence-corrected chi connectivity index (χ2v) is 4.96. The van der Waals surface area contributed by atoms with E-state index in [1.54, 1.807) is 7.11 Å². The molecular weight excluding hydrogens is 242 g/mol. The number of ether oxygens (including phenoxy) is 2. The quantitative estimate of drug-likeness (QED) is 0.843. The largest absolute Gasteiger partial charge is 0.496 e. The van der Waals surface area contributed by atoms with Crippen LogP contribution in [0.1, 0.15) is 27.9 Å². The fraction of sp³-hybridized carbons (Fsp3) is 0.533. The van der Waals surface area contributed by atoms with Gasteiger partial charge in [0, 0.05) is 25.1 Å². The first-order valence-electron chi connectivity index (χ1n) is 6.62. The lowest BCUT2D eigenvalue weighted by atomic mass is 9.97. The van der Waals surface area contributed by atoms with Crippen LogP contribution in [0.15, 0.2) is 12.1 Å². The van der Waals surface area contributed by atoms with Crippen LogP contribution >= 0.6 is 0 Å². The molecule has 1 aliphatic heterocycles. The van der Waals surface area contributed by atoms with Gasteiger partial charge in [-0.3, -0.25) is 4.79 Å². The Balaban J connectivity index is 2.12. The van der Waals surface area contributed by atoms with Crippen LogP contribution in [0, 0.1) is 13.8 Å². The summed E-state index contributed by atoms with van der Waals surface area (Å²) in [6.45, 7) is 6.19. The van der Waals surface area contributed by atoms with Gasteiger partial charge in [0.15, 0.2) is 5.78 Å². The average molecular weight is 263 g/mol. The summed E-state index contributed by atoms with van der Waals surface area (Å²) in [5.74, 6) is 0.960. The van der Waals surface area contributed by atoms with E-state index in [0.717, 1.165) is 35.5 Å². The Kier molecular flexibility index (Phi) is 4.56. The summed E-state index contributed by atoms with van der Waals surface area (Å²) in [6, 6.07) is 3.83. The van der Waals surface area contributed by atoms with Crippen LogP contribution in [0.25, 0.3) is 0 Å². The molecule has 1 fully saturated rings. The highest BCUT2D eigenvalue weighted by Gasteiger charge is 2.20. The molecule has 1 aliphatic rings. The summed E-state index contributed by atoms with van der Waals surface area (Å²) in [5, 5.41) is 3.24. The third-order valence-corrected chi connectivity index (χ3v) is 3.46. The van der Waals surface area contributed by atoms with Crippen LogP contribution in [0.3, 0.4) is 0 Å². The maximum atomic E-state index is 12.3. The lowest BCUT2D eigenvalue weighted by Crippen LogP contribution is -2.39. The summed E-state index contributed by atoms with van der Waals surface area (Å²) in [6.07, 6.45) is 0.419. The van der Waals surface area contributed by atoms with Crippen LogP contribution in [0.4, 0.5) is 0 Å². The van der Waals surface area contributed by atoms with Crippen LogP contribution in [0.2, 0.25) is 0 Å². The van der Waals surface area contributed by atoms with Gasteiger partial charge >= 0.3 is 0 Å². The van der Waals surface area contributed by atoms with Crippen molar-refractivity contribution in [2.24, 2.45) is 0 Å². The smallest absolute Gasteiger partial charge is 0.165 e. The van der Waals surface area contributed by atoms with Crippen molar-refractivity contribution < 1.29 is 14.3 Å². The Morgan fingerprint density at radius 2 is 2.21 bits per heavy atom. The number of carbonyl (C=O) groups is 1. The molecule has 0 bridgehead atoms. The molecular formula is C15H21NO3. The topological polar surface area (TPSA) is 47.6 Å². The molecule has 4 nitrogen and oxygen atoms in total. The highest BCUT2D eigenvalue weighted by Crippen LogP contribution is 2.24. The Morgan fingerprint density at radius 1 is 1.42 bits per heavy atom. The molecule has 1 atom stereocenters. The molecule has 104 valence electrons. The van der Waals surface area contributed by atoms with E-state index in [-0.39, 0.29) is 11.9 Å². The van der Waals surface area contributed by atoms with Gasteiger partial charge in [-0.2, -0.15) is 0 Å². The van der Waals surface area contributed by atoms with Gasteiger partial charge in [0.25, 0.3) is 0 Å². The lowest BCUT2D eigenvalue weighted by molar-refractivity contribution is 0.0240. The monoisotopic (exact) mass is 263 g/mol. The summed E-state index contributed by atoms with van der Waals surface area (Å²) < 4.78 is 10.8. The summed E-state index contributed by atoms with van der Waals surface area (Å²) in [4.78, 5) is 12.3. The number of methoxy groups -OCH3 is 1. The van der Waals surface area contributed by atoms with Gasteiger partial charge in [0.1, 0.15) is 5.75 Å². The number of rotatable bonds is 4. The van der Waals surface area contributed by atoms with Crippen molar-refractivity contribution in [1.82, 2.24) is 5.32 Å². The zero-order valence-corrected chi connectivity index (χ0v) is 11.8. The van der Waals surface area contributed by atoms with E-state index < -0.39 is 0 Å². The van der Waals surface area contributed by atoms with E-state index >= 15 is 0 Å². The van der Waals surface area contributed by atoms with Gasteiger partial charge in [-0.25, -0.2) is 0 Å². The van der Waals surface area contributed by atoms with Crippen LogP contribution < -0.4 is 10.1 Å². The van der Waals surface area contributed by atoms with E-state index in [4.69, 9.17) is 9.47 Å². The maximum absolute atomic E-state index is 12.3. The minimum atomic E-state index is -0.0111. The summed E-state index contributed by atoms with van der Waals surface area (Å²) in [5.41, 5.74) is 2.71. The summed E-state index contributed by atoms with van der Waals surface area (Å²) in [7, 11) is 1.64. The molecule has 0 amide bonds. The van der Waals surface area contributed by atoms with E-state index in [2.05, 4.69) is 5.32 Å². The molecule has 19 heavy (non-hydrogen) atoms. The molecule has 0 saturated carbocycles. The predicted octanol–water partition coefficient (Wildman–Crippen LogP) is 1.87. The third-order valence-electron chi connectivity index (χ3n) is 3.46. The zero-order chi connectivity index (χ0) is 13.8. The summed E-state index contributed by atoms with van der Waals surface area (Å²) >= 11 is 0. The maximum Gasteiger partial charge on any atom is 0.165 e. The molecule has 1 saturated heterocycles. The number of aryl methyl sites for hydroxylation is 2. The molecule has 4 heteroatoms. The second-order valence-electron chi connectivity index (χ2n) is 4.96. The molecule has 0 aliphatic carbocycles. The molecule has 0 aromatic heterocycles. The van der Waals surface area contributed by atoms with Crippen molar-refractivity contribution in [1.29, 1.82) is 0 Å². The third kappa shape index (κ3) is 3.33. The molecule has 2 rings (SSSR count). The van der Waals surface area contributed by atoms with Gasteiger partial charge in [-0.15, -0.1) is 0 Å². The first-order chi connectivity index (χ1) is 9.11. The van der Waals surface area contributed by atoms with Crippen molar-refractivity contribution in [3.63, 3.8) is 0 Å². The number of ketones is 1. The Labute approximate surface area is 114 Å². The minimum Gasteiger partial charge on any atom is -0.496 e. The van der Waals surface area contributed by atoms with Crippen molar-refractivity contribution in [3.05, 3.63) is 28.8 Å².